The summed E-state index contributed by atoms with van der Waals surface area (Å²) in [5, 5.41) is 10.8. The van der Waals surface area contributed by atoms with Crippen molar-refractivity contribution >= 4 is 17.4 Å². The van der Waals surface area contributed by atoms with E-state index >= 15 is 0 Å². The normalized spacial score (nSPS) is 16.0. The standard InChI is InChI=1S/C14H14N4O/c1-14(2)9-7-8(3-4-11(9)16-13(14)19)10-5-6-12(15)18-17-10/h3-7H,1-2H3,(H2,15,18)(H,16,19). The molecular formula is C14H14N4O. The number of anilines is 2. The lowest BCUT2D eigenvalue weighted by atomic mass is 9.85. The first-order valence-corrected chi connectivity index (χ1v) is 6.04. The SMILES string of the molecule is CC1(C)C(=O)Nc2ccc(-c3ccc(N)nn3)cc21. The van der Waals surface area contributed by atoms with Gasteiger partial charge in [-0.05, 0) is 43.7 Å². The molecular weight excluding hydrogens is 240 g/mol. The summed E-state index contributed by atoms with van der Waals surface area (Å²) in [5.41, 5.74) is 8.52. The van der Waals surface area contributed by atoms with E-state index in [9.17, 15) is 4.79 Å². The number of nitrogens with two attached hydrogens (primary N) is 1. The van der Waals surface area contributed by atoms with Gasteiger partial charge in [0.1, 0.15) is 5.82 Å². The fourth-order valence-electron chi connectivity index (χ4n) is 2.23. The third kappa shape index (κ3) is 1.74. The summed E-state index contributed by atoms with van der Waals surface area (Å²) in [6.45, 7) is 3.82. The number of rotatable bonds is 1. The summed E-state index contributed by atoms with van der Waals surface area (Å²) >= 11 is 0. The number of aromatic nitrogens is 2. The van der Waals surface area contributed by atoms with Gasteiger partial charge in [-0.2, -0.15) is 0 Å². The van der Waals surface area contributed by atoms with E-state index < -0.39 is 5.41 Å². The molecule has 1 aliphatic heterocycles. The molecule has 1 amide bonds. The first-order chi connectivity index (χ1) is 8.98. The van der Waals surface area contributed by atoms with Crippen molar-refractivity contribution in [1.82, 2.24) is 10.2 Å². The molecule has 0 atom stereocenters. The van der Waals surface area contributed by atoms with Crippen molar-refractivity contribution in [2.24, 2.45) is 0 Å². The summed E-state index contributed by atoms with van der Waals surface area (Å²) in [5.74, 6) is 0.408. The fraction of sp³-hybridized carbons (Fsp3) is 0.214. The highest BCUT2D eigenvalue weighted by molar-refractivity contribution is 6.06. The van der Waals surface area contributed by atoms with Gasteiger partial charge >= 0.3 is 0 Å². The summed E-state index contributed by atoms with van der Waals surface area (Å²) in [4.78, 5) is 11.9. The number of nitrogens with one attached hydrogen (secondary N) is 1. The van der Waals surface area contributed by atoms with E-state index in [2.05, 4.69) is 15.5 Å². The number of nitrogen functional groups attached to an aromatic ring is 1. The molecule has 0 saturated heterocycles. The molecule has 0 bridgehead atoms. The Bertz CT molecular complexity index is 662. The molecule has 1 aromatic heterocycles. The Morgan fingerprint density at radius 1 is 1.16 bits per heavy atom. The Morgan fingerprint density at radius 2 is 1.95 bits per heavy atom. The number of hydrogen-bond donors (Lipinski definition) is 2. The van der Waals surface area contributed by atoms with E-state index in [-0.39, 0.29) is 5.91 Å². The number of hydrogen-bond acceptors (Lipinski definition) is 4. The van der Waals surface area contributed by atoms with Crippen molar-refractivity contribution in [2.45, 2.75) is 19.3 Å². The number of benzene rings is 1. The van der Waals surface area contributed by atoms with Gasteiger partial charge < -0.3 is 11.1 Å². The van der Waals surface area contributed by atoms with Gasteiger partial charge in [0, 0.05) is 11.3 Å². The monoisotopic (exact) mass is 254 g/mol. The van der Waals surface area contributed by atoms with Crippen LogP contribution in [0.1, 0.15) is 19.4 Å². The lowest BCUT2D eigenvalue weighted by molar-refractivity contribution is -0.119. The maximum atomic E-state index is 11.9. The van der Waals surface area contributed by atoms with Crippen molar-refractivity contribution in [3.63, 3.8) is 0 Å². The van der Waals surface area contributed by atoms with Gasteiger partial charge in [0.15, 0.2) is 0 Å². The Morgan fingerprint density at radius 3 is 2.63 bits per heavy atom. The minimum Gasteiger partial charge on any atom is -0.382 e. The minimum absolute atomic E-state index is 0.0167. The maximum absolute atomic E-state index is 11.9. The van der Waals surface area contributed by atoms with E-state index in [1.165, 1.54) is 0 Å². The molecule has 2 heterocycles. The zero-order valence-electron chi connectivity index (χ0n) is 10.8. The van der Waals surface area contributed by atoms with E-state index in [1.807, 2.05) is 38.1 Å². The topological polar surface area (TPSA) is 80.9 Å². The molecule has 0 aliphatic carbocycles. The van der Waals surface area contributed by atoms with E-state index in [1.54, 1.807) is 6.07 Å². The van der Waals surface area contributed by atoms with Crippen molar-refractivity contribution in [3.05, 3.63) is 35.9 Å². The highest BCUT2D eigenvalue weighted by Gasteiger charge is 2.38. The minimum atomic E-state index is -0.521. The second-order valence-corrected chi connectivity index (χ2v) is 5.18. The van der Waals surface area contributed by atoms with Gasteiger partial charge in [-0.3, -0.25) is 4.79 Å². The summed E-state index contributed by atoms with van der Waals surface area (Å²) in [6, 6.07) is 9.33. The van der Waals surface area contributed by atoms with Crippen LogP contribution in [-0.2, 0) is 10.2 Å². The second kappa shape index (κ2) is 3.78. The smallest absolute Gasteiger partial charge is 0.234 e. The van der Waals surface area contributed by atoms with Crippen molar-refractivity contribution in [2.75, 3.05) is 11.1 Å². The zero-order chi connectivity index (χ0) is 13.6. The predicted octanol–water partition coefficient (Wildman–Crippen LogP) is 1.96. The van der Waals surface area contributed by atoms with E-state index in [4.69, 9.17) is 5.73 Å². The molecule has 3 N–H and O–H groups in total. The number of fused-ring (bicyclic) bond motifs is 1. The van der Waals surface area contributed by atoms with Crippen LogP contribution in [0.25, 0.3) is 11.3 Å². The van der Waals surface area contributed by atoms with Gasteiger partial charge in [-0.1, -0.05) is 6.07 Å². The molecule has 5 nitrogen and oxygen atoms in total. The third-order valence-electron chi connectivity index (χ3n) is 3.49. The molecule has 0 unspecified atom stereocenters. The molecule has 0 fully saturated rings. The second-order valence-electron chi connectivity index (χ2n) is 5.18. The van der Waals surface area contributed by atoms with Gasteiger partial charge in [-0.25, -0.2) is 0 Å². The first-order valence-electron chi connectivity index (χ1n) is 6.04. The van der Waals surface area contributed by atoms with E-state index in [0.717, 1.165) is 22.5 Å². The molecule has 1 aliphatic rings. The predicted molar refractivity (Wildman–Crippen MR) is 73.5 cm³/mol. The lowest BCUT2D eigenvalue weighted by Crippen LogP contribution is -2.26. The Hall–Kier alpha value is -2.43. The van der Waals surface area contributed by atoms with Crippen LogP contribution >= 0.6 is 0 Å². The van der Waals surface area contributed by atoms with Gasteiger partial charge in [0.05, 0.1) is 11.1 Å². The fourth-order valence-corrected chi connectivity index (χ4v) is 2.23. The summed E-state index contributed by atoms with van der Waals surface area (Å²) in [7, 11) is 0. The molecule has 2 aromatic rings. The van der Waals surface area contributed by atoms with Crippen LogP contribution in [0, 0.1) is 0 Å². The van der Waals surface area contributed by atoms with Crippen molar-refractivity contribution in [1.29, 1.82) is 0 Å². The molecule has 96 valence electrons. The summed E-state index contributed by atoms with van der Waals surface area (Å²) < 4.78 is 0. The van der Waals surface area contributed by atoms with Gasteiger partial charge in [0.25, 0.3) is 0 Å². The van der Waals surface area contributed by atoms with Crippen LogP contribution in [0.3, 0.4) is 0 Å². The molecule has 0 spiro atoms. The Kier molecular flexibility index (Phi) is 2.32. The summed E-state index contributed by atoms with van der Waals surface area (Å²) in [6.07, 6.45) is 0. The third-order valence-corrected chi connectivity index (χ3v) is 3.49. The first kappa shape index (κ1) is 11.6. The van der Waals surface area contributed by atoms with Crippen LogP contribution < -0.4 is 11.1 Å². The van der Waals surface area contributed by atoms with Crippen LogP contribution in [-0.4, -0.2) is 16.1 Å². The van der Waals surface area contributed by atoms with Crippen molar-refractivity contribution in [3.8, 4) is 11.3 Å². The van der Waals surface area contributed by atoms with Crippen LogP contribution in [0.5, 0.6) is 0 Å². The molecule has 3 rings (SSSR count). The molecule has 19 heavy (non-hydrogen) atoms. The van der Waals surface area contributed by atoms with E-state index in [0.29, 0.717) is 5.82 Å². The van der Waals surface area contributed by atoms with Crippen molar-refractivity contribution < 1.29 is 4.79 Å². The largest absolute Gasteiger partial charge is 0.382 e. The lowest BCUT2D eigenvalue weighted by Gasteiger charge is -2.15. The quantitative estimate of drug-likeness (QED) is 0.815. The van der Waals surface area contributed by atoms with Crippen LogP contribution in [0.2, 0.25) is 0 Å². The average molecular weight is 254 g/mol. The Labute approximate surface area is 110 Å². The Balaban J connectivity index is 2.10. The molecule has 0 saturated carbocycles. The maximum Gasteiger partial charge on any atom is 0.234 e. The van der Waals surface area contributed by atoms with Crippen LogP contribution in [0.15, 0.2) is 30.3 Å². The van der Waals surface area contributed by atoms with Gasteiger partial charge in [0.2, 0.25) is 5.91 Å². The average Bonchev–Trinajstić information content (AvgIpc) is 2.61. The number of carbonyl (C=O) groups excluding carboxylic acids is 1. The van der Waals surface area contributed by atoms with Crippen LogP contribution in [0.4, 0.5) is 11.5 Å². The number of nitrogens with zero attached hydrogens (tertiary/aromatic N) is 2. The highest BCUT2D eigenvalue weighted by Crippen LogP contribution is 2.39. The van der Waals surface area contributed by atoms with Gasteiger partial charge in [-0.15, -0.1) is 10.2 Å². The number of amides is 1. The molecule has 1 aromatic carbocycles. The highest BCUT2D eigenvalue weighted by atomic mass is 16.2. The molecule has 5 heteroatoms. The number of carbonyl (C=O) groups is 1. The molecule has 0 radical (unpaired) electrons. The zero-order valence-corrected chi connectivity index (χ0v) is 10.8.